The van der Waals surface area contributed by atoms with E-state index >= 15 is 0 Å². The van der Waals surface area contributed by atoms with Gasteiger partial charge in [-0.25, -0.2) is 0 Å². The molecular weight excluding hydrogens is 166 g/mol. The molecule has 1 aromatic rings. The molecule has 0 fully saturated rings. The fourth-order valence-corrected chi connectivity index (χ4v) is 0.777. The zero-order valence-electron chi connectivity index (χ0n) is 6.64. The summed E-state index contributed by atoms with van der Waals surface area (Å²) in [5, 5.41) is 27.5. The first kappa shape index (κ1) is 8.76. The van der Waals surface area contributed by atoms with Crippen LogP contribution in [0.4, 0.5) is 0 Å². The molecule has 0 saturated heterocycles. The summed E-state index contributed by atoms with van der Waals surface area (Å²) >= 11 is 0. The zero-order chi connectivity index (χ0) is 9.68. The number of hydrogen-bond acceptors (Lipinski definition) is 3. The first-order valence-electron chi connectivity index (χ1n) is 3.47. The van der Waals surface area contributed by atoms with Crippen molar-refractivity contribution >= 4 is 6.08 Å². The lowest BCUT2D eigenvalue weighted by molar-refractivity contribution is -0.605. The predicted octanol–water partition coefficient (Wildman–Crippen LogP) is 0.751. The highest BCUT2D eigenvalue weighted by Crippen LogP contribution is 2.02. The van der Waals surface area contributed by atoms with Gasteiger partial charge >= 0.3 is 0 Å². The topological polar surface area (TPSA) is 74.5 Å². The van der Waals surface area contributed by atoms with E-state index in [2.05, 4.69) is 0 Å². The lowest BCUT2D eigenvalue weighted by Crippen LogP contribution is -2.23. The van der Waals surface area contributed by atoms with Gasteiger partial charge < -0.3 is 5.21 Å². The van der Waals surface area contributed by atoms with Crippen LogP contribution in [0.2, 0.25) is 0 Å². The highest BCUT2D eigenvalue weighted by atomic mass is 16.5. The maximum absolute atomic E-state index is 10.6. The Labute approximate surface area is 75.2 Å². The van der Waals surface area contributed by atoms with Crippen LogP contribution in [0.25, 0.3) is 6.08 Å². The van der Waals surface area contributed by atoms with Crippen molar-refractivity contribution in [2.75, 3.05) is 0 Å². The summed E-state index contributed by atoms with van der Waals surface area (Å²) < 4.78 is 0.635. The molecule has 1 heterocycles. The van der Waals surface area contributed by atoms with Crippen molar-refractivity contribution in [3.63, 3.8) is 0 Å². The number of hydrogen-bond donors (Lipinski definition) is 0. The van der Waals surface area contributed by atoms with E-state index in [1.165, 1.54) is 30.6 Å². The Bertz CT molecular complexity index is 390. The van der Waals surface area contributed by atoms with E-state index in [9.17, 15) is 5.21 Å². The molecule has 1 rings (SSSR count). The molecule has 4 nitrogen and oxygen atoms in total. The van der Waals surface area contributed by atoms with Gasteiger partial charge in [-0.3, -0.25) is 0 Å². The molecule has 0 bridgehead atoms. The highest BCUT2D eigenvalue weighted by molar-refractivity contribution is 5.61. The summed E-state index contributed by atoms with van der Waals surface area (Å²) in [6, 6.07) is 6.52. The molecule has 0 radical (unpaired) electrons. The van der Waals surface area contributed by atoms with Crippen LogP contribution in [-0.4, -0.2) is 0 Å². The van der Waals surface area contributed by atoms with Gasteiger partial charge in [0.15, 0.2) is 12.4 Å². The van der Waals surface area contributed by atoms with Crippen LogP contribution in [0.1, 0.15) is 5.56 Å². The van der Waals surface area contributed by atoms with Crippen molar-refractivity contribution in [2.24, 2.45) is 0 Å². The Kier molecular flexibility index (Phi) is 2.62. The molecule has 1 aromatic heterocycles. The fourth-order valence-electron chi connectivity index (χ4n) is 0.777. The van der Waals surface area contributed by atoms with Crippen LogP contribution >= 0.6 is 0 Å². The Morgan fingerprint density at radius 2 is 1.85 bits per heavy atom. The third-order valence-electron chi connectivity index (χ3n) is 1.38. The molecule has 0 saturated carbocycles. The highest BCUT2D eigenvalue weighted by Gasteiger charge is 1.94. The first-order chi connectivity index (χ1) is 6.26. The Balaban J connectivity index is 3.00. The first-order valence-corrected chi connectivity index (χ1v) is 3.47. The SMILES string of the molecule is N#CC(C#N)=Cc1cc[n+]([O-])cc1. The van der Waals surface area contributed by atoms with Crippen LogP contribution < -0.4 is 4.73 Å². The van der Waals surface area contributed by atoms with E-state index in [0.717, 1.165) is 0 Å². The van der Waals surface area contributed by atoms with Gasteiger partial charge in [-0.2, -0.15) is 15.3 Å². The Hall–Kier alpha value is -2.33. The van der Waals surface area contributed by atoms with E-state index in [1.807, 2.05) is 0 Å². The molecule has 13 heavy (non-hydrogen) atoms. The van der Waals surface area contributed by atoms with Crippen molar-refractivity contribution in [3.05, 3.63) is 40.9 Å². The molecule has 0 aliphatic rings. The Morgan fingerprint density at radius 3 is 2.31 bits per heavy atom. The summed E-state index contributed by atoms with van der Waals surface area (Å²) in [5.74, 6) is 0. The van der Waals surface area contributed by atoms with Crippen molar-refractivity contribution in [2.45, 2.75) is 0 Å². The van der Waals surface area contributed by atoms with Crippen LogP contribution in [0.5, 0.6) is 0 Å². The molecule has 4 heteroatoms. The number of allylic oxidation sites excluding steroid dienone is 1. The molecule has 0 aliphatic carbocycles. The van der Waals surface area contributed by atoms with Crippen LogP contribution in [0, 0.1) is 27.9 Å². The summed E-state index contributed by atoms with van der Waals surface area (Å²) in [7, 11) is 0. The minimum Gasteiger partial charge on any atom is -0.619 e. The minimum atomic E-state index is 0.0173. The second kappa shape index (κ2) is 3.89. The second-order valence-corrected chi connectivity index (χ2v) is 2.27. The fraction of sp³-hybridized carbons (Fsp3) is 0. The van der Waals surface area contributed by atoms with Crippen molar-refractivity contribution in [1.82, 2.24) is 0 Å². The average molecular weight is 171 g/mol. The summed E-state index contributed by atoms with van der Waals surface area (Å²) in [6.07, 6.45) is 4.02. The quantitative estimate of drug-likeness (QED) is 0.355. The number of pyridine rings is 1. The zero-order valence-corrected chi connectivity index (χ0v) is 6.64. The smallest absolute Gasteiger partial charge is 0.180 e. The molecule has 0 N–H and O–H groups in total. The van der Waals surface area contributed by atoms with Crippen LogP contribution in [0.15, 0.2) is 30.1 Å². The maximum atomic E-state index is 10.6. The van der Waals surface area contributed by atoms with Gasteiger partial charge in [-0.05, 0) is 11.6 Å². The van der Waals surface area contributed by atoms with E-state index in [-0.39, 0.29) is 5.57 Å². The summed E-state index contributed by atoms with van der Waals surface area (Å²) in [5.41, 5.74) is 0.675. The molecular formula is C9H5N3O. The Morgan fingerprint density at radius 1 is 1.31 bits per heavy atom. The predicted molar refractivity (Wildman–Crippen MR) is 44.6 cm³/mol. The maximum Gasteiger partial charge on any atom is 0.180 e. The van der Waals surface area contributed by atoms with E-state index in [4.69, 9.17) is 10.5 Å². The molecule has 0 aromatic carbocycles. The average Bonchev–Trinajstić information content (AvgIpc) is 2.17. The third kappa shape index (κ3) is 2.32. The minimum absolute atomic E-state index is 0.0173. The standard InChI is InChI=1S/C9H5N3O/c10-6-9(7-11)5-8-1-3-12(13)4-2-8/h1-5H. The van der Waals surface area contributed by atoms with Crippen molar-refractivity contribution in [3.8, 4) is 12.1 Å². The molecule has 0 unspecified atom stereocenters. The molecule has 62 valence electrons. The summed E-state index contributed by atoms with van der Waals surface area (Å²) in [4.78, 5) is 0. The van der Waals surface area contributed by atoms with Gasteiger partial charge in [0.1, 0.15) is 17.7 Å². The number of nitriles is 2. The van der Waals surface area contributed by atoms with Crippen molar-refractivity contribution in [1.29, 1.82) is 10.5 Å². The van der Waals surface area contributed by atoms with E-state index < -0.39 is 0 Å². The van der Waals surface area contributed by atoms with Crippen molar-refractivity contribution < 1.29 is 4.73 Å². The van der Waals surface area contributed by atoms with Gasteiger partial charge in [0.05, 0.1) is 0 Å². The van der Waals surface area contributed by atoms with Crippen LogP contribution in [-0.2, 0) is 0 Å². The molecule has 0 atom stereocenters. The van der Waals surface area contributed by atoms with E-state index in [0.29, 0.717) is 10.3 Å². The third-order valence-corrected chi connectivity index (χ3v) is 1.38. The number of rotatable bonds is 1. The lowest BCUT2D eigenvalue weighted by Gasteiger charge is -1.94. The lowest BCUT2D eigenvalue weighted by atomic mass is 10.2. The largest absolute Gasteiger partial charge is 0.619 e. The monoisotopic (exact) mass is 171 g/mol. The van der Waals surface area contributed by atoms with Gasteiger partial charge in [-0.15, -0.1) is 0 Å². The number of aromatic nitrogens is 1. The molecule has 0 aliphatic heterocycles. The molecule has 0 amide bonds. The number of nitrogens with zero attached hydrogens (tertiary/aromatic N) is 3. The normalized spacial score (nSPS) is 8.15. The van der Waals surface area contributed by atoms with E-state index in [1.54, 1.807) is 12.1 Å². The van der Waals surface area contributed by atoms with Gasteiger partial charge in [0, 0.05) is 12.1 Å². The van der Waals surface area contributed by atoms with Gasteiger partial charge in [-0.1, -0.05) is 0 Å². The van der Waals surface area contributed by atoms with Gasteiger partial charge in [0.2, 0.25) is 0 Å². The second-order valence-electron chi connectivity index (χ2n) is 2.27. The summed E-state index contributed by atoms with van der Waals surface area (Å²) in [6.45, 7) is 0. The van der Waals surface area contributed by atoms with Crippen LogP contribution in [0.3, 0.4) is 0 Å². The van der Waals surface area contributed by atoms with Gasteiger partial charge in [0.25, 0.3) is 0 Å². The molecule has 0 spiro atoms.